The van der Waals surface area contributed by atoms with E-state index >= 15 is 0 Å². The number of hydrogen-bond donors (Lipinski definition) is 3. The third-order valence-electron chi connectivity index (χ3n) is 3.75. The highest BCUT2D eigenvalue weighted by molar-refractivity contribution is 5.82. The number of fused-ring (bicyclic) bond motifs is 1. The van der Waals surface area contributed by atoms with Crippen molar-refractivity contribution in [1.29, 1.82) is 0 Å². The largest absolute Gasteiger partial charge is 0.355 e. The first-order valence-electron chi connectivity index (χ1n) is 8.02. The molecule has 0 fully saturated rings. The zero-order chi connectivity index (χ0) is 16.9. The summed E-state index contributed by atoms with van der Waals surface area (Å²) in [5.41, 5.74) is -0.364. The third-order valence-corrected chi connectivity index (χ3v) is 3.75. The maximum Gasteiger partial charge on any atom is 0.225 e. The van der Waals surface area contributed by atoms with Crippen molar-refractivity contribution in [2.24, 2.45) is 10.4 Å². The van der Waals surface area contributed by atoms with Crippen molar-refractivity contribution in [3.05, 3.63) is 12.2 Å². The lowest BCUT2D eigenvalue weighted by Crippen LogP contribution is -2.49. The first-order valence-corrected chi connectivity index (χ1v) is 8.02. The fraction of sp³-hybridized carbons (Fsp3) is 0.733. The van der Waals surface area contributed by atoms with Gasteiger partial charge in [0.25, 0.3) is 0 Å². The van der Waals surface area contributed by atoms with E-state index in [1.807, 2.05) is 25.5 Å². The molecule has 8 nitrogen and oxygen atoms in total. The number of hydrogen-bond acceptors (Lipinski definition) is 4. The molecule has 1 aliphatic heterocycles. The molecule has 2 heterocycles. The van der Waals surface area contributed by atoms with Gasteiger partial charge in [-0.15, -0.1) is 0 Å². The molecule has 1 aromatic heterocycles. The van der Waals surface area contributed by atoms with Crippen molar-refractivity contribution in [3.63, 3.8) is 0 Å². The number of rotatable bonds is 4. The first kappa shape index (κ1) is 17.2. The molecule has 23 heavy (non-hydrogen) atoms. The van der Waals surface area contributed by atoms with E-state index in [1.165, 1.54) is 0 Å². The Kier molecular flexibility index (Phi) is 5.57. The van der Waals surface area contributed by atoms with E-state index in [9.17, 15) is 4.79 Å². The monoisotopic (exact) mass is 321 g/mol. The van der Waals surface area contributed by atoms with Gasteiger partial charge in [-0.3, -0.25) is 9.79 Å². The summed E-state index contributed by atoms with van der Waals surface area (Å²) in [6, 6.07) is 0.277. The second-order valence-corrected chi connectivity index (χ2v) is 6.74. The topological polar surface area (TPSA) is 96.2 Å². The minimum absolute atomic E-state index is 0.0493. The van der Waals surface area contributed by atoms with Gasteiger partial charge in [-0.2, -0.15) is 5.10 Å². The predicted octanol–water partition coefficient (Wildman–Crippen LogP) is -0.0798. The lowest BCUT2D eigenvalue weighted by atomic mass is 9.96. The molecule has 0 saturated carbocycles. The fourth-order valence-corrected chi connectivity index (χ4v) is 2.37. The van der Waals surface area contributed by atoms with E-state index in [4.69, 9.17) is 0 Å². The van der Waals surface area contributed by atoms with Gasteiger partial charge in [-0.25, -0.2) is 9.67 Å². The third kappa shape index (κ3) is 4.94. The van der Waals surface area contributed by atoms with Crippen LogP contribution in [-0.4, -0.2) is 52.8 Å². The molecular weight excluding hydrogens is 294 g/mol. The Morgan fingerprint density at radius 2 is 2.13 bits per heavy atom. The van der Waals surface area contributed by atoms with Crippen LogP contribution in [0.25, 0.3) is 0 Å². The number of aromatic nitrogens is 3. The Balaban J connectivity index is 1.71. The van der Waals surface area contributed by atoms with Crippen LogP contribution in [0.5, 0.6) is 0 Å². The van der Waals surface area contributed by atoms with Gasteiger partial charge in [0.1, 0.15) is 12.2 Å². The highest BCUT2D eigenvalue weighted by atomic mass is 16.2. The van der Waals surface area contributed by atoms with Crippen LogP contribution in [0.1, 0.15) is 33.0 Å². The van der Waals surface area contributed by atoms with Crippen molar-refractivity contribution < 1.29 is 4.79 Å². The van der Waals surface area contributed by atoms with Gasteiger partial charge in [0.05, 0.1) is 6.54 Å². The first-order chi connectivity index (χ1) is 10.9. The van der Waals surface area contributed by atoms with Crippen LogP contribution < -0.4 is 16.0 Å². The summed E-state index contributed by atoms with van der Waals surface area (Å²) in [7, 11) is 1.74. The number of aliphatic imine (C=N–C) groups is 1. The van der Waals surface area contributed by atoms with Gasteiger partial charge in [0.2, 0.25) is 5.91 Å². The maximum atomic E-state index is 11.8. The molecule has 2 rings (SSSR count). The molecule has 1 amide bonds. The van der Waals surface area contributed by atoms with Crippen LogP contribution in [0.3, 0.4) is 0 Å². The van der Waals surface area contributed by atoms with Gasteiger partial charge in [-0.05, 0) is 6.42 Å². The van der Waals surface area contributed by atoms with E-state index in [1.54, 1.807) is 13.4 Å². The Bertz CT molecular complexity index is 558. The lowest BCUT2D eigenvalue weighted by Gasteiger charge is -2.25. The molecule has 1 aromatic rings. The number of carbonyl (C=O) groups is 1. The number of carbonyl (C=O) groups excluding carboxylic acids is 1. The minimum Gasteiger partial charge on any atom is -0.355 e. The summed E-state index contributed by atoms with van der Waals surface area (Å²) in [5.74, 6) is 1.83. The van der Waals surface area contributed by atoms with Crippen molar-refractivity contribution in [2.45, 2.75) is 46.2 Å². The summed E-state index contributed by atoms with van der Waals surface area (Å²) >= 11 is 0. The summed E-state index contributed by atoms with van der Waals surface area (Å²) in [5, 5.41) is 13.7. The zero-order valence-electron chi connectivity index (χ0n) is 14.4. The van der Waals surface area contributed by atoms with E-state index < -0.39 is 0 Å². The average molecular weight is 321 g/mol. The summed E-state index contributed by atoms with van der Waals surface area (Å²) in [6.45, 7) is 7.68. The Labute approximate surface area is 137 Å². The fourth-order valence-electron chi connectivity index (χ4n) is 2.37. The molecular formula is C15H27N7O. The second-order valence-electron chi connectivity index (χ2n) is 6.74. The van der Waals surface area contributed by atoms with Crippen molar-refractivity contribution in [2.75, 3.05) is 20.1 Å². The molecule has 128 valence electrons. The highest BCUT2D eigenvalue weighted by Gasteiger charge is 2.21. The van der Waals surface area contributed by atoms with Crippen LogP contribution in [0, 0.1) is 5.41 Å². The van der Waals surface area contributed by atoms with Gasteiger partial charge in [-0.1, -0.05) is 20.8 Å². The average Bonchev–Trinajstić information content (AvgIpc) is 2.96. The summed E-state index contributed by atoms with van der Waals surface area (Å²) in [4.78, 5) is 20.2. The number of nitrogens with zero attached hydrogens (tertiary/aromatic N) is 4. The van der Waals surface area contributed by atoms with Gasteiger partial charge in [0, 0.05) is 38.0 Å². The smallest absolute Gasteiger partial charge is 0.225 e. The molecule has 1 atom stereocenters. The molecule has 0 aliphatic carbocycles. The molecule has 0 aromatic carbocycles. The van der Waals surface area contributed by atoms with Crippen LogP contribution >= 0.6 is 0 Å². The Morgan fingerprint density at radius 3 is 2.83 bits per heavy atom. The number of aryl methyl sites for hydroxylation is 1. The zero-order valence-corrected chi connectivity index (χ0v) is 14.4. The summed E-state index contributed by atoms with van der Waals surface area (Å²) in [6.07, 6.45) is 3.51. The van der Waals surface area contributed by atoms with Crippen molar-refractivity contribution in [3.8, 4) is 0 Å². The van der Waals surface area contributed by atoms with Gasteiger partial charge in [0.15, 0.2) is 5.96 Å². The van der Waals surface area contributed by atoms with Crippen LogP contribution in [-0.2, 0) is 17.8 Å². The number of guanidine groups is 1. The second kappa shape index (κ2) is 7.43. The van der Waals surface area contributed by atoms with Gasteiger partial charge < -0.3 is 16.0 Å². The van der Waals surface area contributed by atoms with Crippen molar-refractivity contribution in [1.82, 2.24) is 30.7 Å². The maximum absolute atomic E-state index is 11.8. The number of nitrogens with one attached hydrogen (secondary N) is 3. The van der Waals surface area contributed by atoms with Crippen LogP contribution in [0.2, 0.25) is 0 Å². The van der Waals surface area contributed by atoms with Crippen molar-refractivity contribution >= 4 is 11.9 Å². The van der Waals surface area contributed by atoms with E-state index in [-0.39, 0.29) is 17.4 Å². The lowest BCUT2D eigenvalue weighted by molar-refractivity contribution is -0.128. The molecule has 0 bridgehead atoms. The molecule has 0 spiro atoms. The predicted molar refractivity (Wildman–Crippen MR) is 89.1 cm³/mol. The van der Waals surface area contributed by atoms with Gasteiger partial charge >= 0.3 is 0 Å². The molecule has 3 N–H and O–H groups in total. The Morgan fingerprint density at radius 1 is 1.39 bits per heavy atom. The molecule has 8 heteroatoms. The SMILES string of the molecule is CN=C(NCCNC(=O)C(C)(C)C)NC1CCc2ncnn2C1. The quantitative estimate of drug-likeness (QED) is 0.409. The van der Waals surface area contributed by atoms with Crippen LogP contribution in [0.4, 0.5) is 0 Å². The minimum atomic E-state index is -0.364. The molecule has 0 radical (unpaired) electrons. The van der Waals surface area contributed by atoms with Crippen LogP contribution in [0.15, 0.2) is 11.3 Å². The molecule has 1 unspecified atom stereocenters. The standard InChI is InChI=1S/C15H27N7O/c1-15(2,3)13(23)17-7-8-18-14(16-4)21-11-5-6-12-19-10-20-22(12)9-11/h10-11H,5-9H2,1-4H3,(H,17,23)(H2,16,18,21). The highest BCUT2D eigenvalue weighted by Crippen LogP contribution is 2.12. The van der Waals surface area contributed by atoms with E-state index in [0.717, 1.165) is 31.2 Å². The molecule has 1 aliphatic rings. The molecule has 0 saturated heterocycles. The Hall–Kier alpha value is -2.12. The van der Waals surface area contributed by atoms with E-state index in [0.29, 0.717) is 13.1 Å². The van der Waals surface area contributed by atoms with E-state index in [2.05, 4.69) is 31.0 Å². The summed E-state index contributed by atoms with van der Waals surface area (Å²) < 4.78 is 1.93. The number of amides is 1. The normalized spacial score (nSPS) is 18.3.